The highest BCUT2D eigenvalue weighted by Gasteiger charge is 2.17. The van der Waals surface area contributed by atoms with Gasteiger partial charge < -0.3 is 14.6 Å². The summed E-state index contributed by atoms with van der Waals surface area (Å²) >= 11 is 0. The van der Waals surface area contributed by atoms with Crippen molar-refractivity contribution in [2.24, 2.45) is 0 Å². The highest BCUT2D eigenvalue weighted by molar-refractivity contribution is 5.89. The molecule has 0 amide bonds. The Kier molecular flexibility index (Phi) is 10.0. The van der Waals surface area contributed by atoms with Crippen molar-refractivity contribution < 1.29 is 24.2 Å². The third kappa shape index (κ3) is 7.97. The molecule has 0 bridgehead atoms. The molecular formula is C24H31NO5. The number of rotatable bonds is 12. The number of carbonyl (C=O) groups excluding carboxylic acids is 2. The molecule has 0 heterocycles. The maximum Gasteiger partial charge on any atom is 0.337 e. The summed E-state index contributed by atoms with van der Waals surface area (Å²) in [7, 11) is 1.36. The third-order valence-corrected chi connectivity index (χ3v) is 4.80. The zero-order valence-electron chi connectivity index (χ0n) is 17.8. The highest BCUT2D eigenvalue weighted by Crippen LogP contribution is 2.15. The molecule has 0 saturated carbocycles. The van der Waals surface area contributed by atoms with Gasteiger partial charge in [-0.15, -0.1) is 0 Å². The second-order valence-corrected chi connectivity index (χ2v) is 7.09. The number of carbonyl (C=O) groups is 2. The number of nitrogens with zero attached hydrogens (tertiary/aromatic N) is 1. The van der Waals surface area contributed by atoms with Gasteiger partial charge in [0.2, 0.25) is 0 Å². The lowest BCUT2D eigenvalue weighted by Crippen LogP contribution is -2.37. The summed E-state index contributed by atoms with van der Waals surface area (Å²) in [5.74, 6) is -0.581. The van der Waals surface area contributed by atoms with Gasteiger partial charge in [0, 0.05) is 25.9 Å². The van der Waals surface area contributed by atoms with Crippen molar-refractivity contribution >= 4 is 11.9 Å². The zero-order chi connectivity index (χ0) is 21.8. The molecule has 0 radical (unpaired) electrons. The van der Waals surface area contributed by atoms with Gasteiger partial charge in [0.25, 0.3) is 0 Å². The van der Waals surface area contributed by atoms with E-state index in [1.807, 2.05) is 47.4 Å². The first-order chi connectivity index (χ1) is 14.5. The zero-order valence-corrected chi connectivity index (χ0v) is 17.8. The van der Waals surface area contributed by atoms with E-state index in [-0.39, 0.29) is 11.9 Å². The van der Waals surface area contributed by atoms with Gasteiger partial charge in [0.15, 0.2) is 0 Å². The summed E-state index contributed by atoms with van der Waals surface area (Å²) in [6, 6.07) is 17.0. The van der Waals surface area contributed by atoms with Crippen molar-refractivity contribution in [3.8, 4) is 0 Å². The Hall–Kier alpha value is -2.70. The molecule has 2 aromatic rings. The fourth-order valence-corrected chi connectivity index (χ4v) is 3.25. The van der Waals surface area contributed by atoms with Crippen LogP contribution < -0.4 is 0 Å². The van der Waals surface area contributed by atoms with Crippen LogP contribution in [0.3, 0.4) is 0 Å². The summed E-state index contributed by atoms with van der Waals surface area (Å²) in [5, 5.41) is 10.9. The first kappa shape index (κ1) is 23.6. The molecule has 6 heteroatoms. The smallest absolute Gasteiger partial charge is 0.337 e. The van der Waals surface area contributed by atoms with E-state index in [0.717, 1.165) is 17.5 Å². The minimum Gasteiger partial charge on any atom is -0.466 e. The van der Waals surface area contributed by atoms with E-state index in [4.69, 9.17) is 9.47 Å². The van der Waals surface area contributed by atoms with Crippen LogP contribution in [0.1, 0.15) is 47.7 Å². The van der Waals surface area contributed by atoms with Crippen LogP contribution in [0.4, 0.5) is 0 Å². The molecule has 1 unspecified atom stereocenters. The molecule has 0 aliphatic carbocycles. The van der Waals surface area contributed by atoms with Gasteiger partial charge in [-0.25, -0.2) is 4.79 Å². The van der Waals surface area contributed by atoms with E-state index < -0.39 is 6.23 Å². The van der Waals surface area contributed by atoms with Crippen LogP contribution in [0.5, 0.6) is 0 Å². The Bertz CT molecular complexity index is 793. The number of aliphatic hydroxyl groups excluding tert-OH is 1. The standard InChI is InChI=1S/C24H31NO5/c1-3-30-23(27)14-7-8-15-25(22(26)17-19-10-5-4-6-11-19)18-20-12-9-13-21(16-20)24(28)29-2/h4-6,9-13,16,22,26H,3,7-8,14-15,17-18H2,1-2H3. The molecule has 1 atom stereocenters. The van der Waals surface area contributed by atoms with Crippen LogP contribution in [0.2, 0.25) is 0 Å². The van der Waals surface area contributed by atoms with Crippen LogP contribution >= 0.6 is 0 Å². The van der Waals surface area contributed by atoms with Gasteiger partial charge in [0.1, 0.15) is 6.23 Å². The topological polar surface area (TPSA) is 76.1 Å². The van der Waals surface area contributed by atoms with Gasteiger partial charge in [-0.1, -0.05) is 42.5 Å². The van der Waals surface area contributed by atoms with E-state index in [2.05, 4.69) is 0 Å². The van der Waals surface area contributed by atoms with E-state index in [1.54, 1.807) is 19.1 Å². The van der Waals surface area contributed by atoms with Crippen molar-refractivity contribution in [1.29, 1.82) is 0 Å². The lowest BCUT2D eigenvalue weighted by atomic mass is 10.1. The van der Waals surface area contributed by atoms with Crippen molar-refractivity contribution in [1.82, 2.24) is 4.90 Å². The summed E-state index contributed by atoms with van der Waals surface area (Å²) in [6.45, 7) is 3.29. The van der Waals surface area contributed by atoms with Crippen LogP contribution in [-0.4, -0.2) is 48.4 Å². The number of benzene rings is 2. The quantitative estimate of drug-likeness (QED) is 0.326. The average Bonchev–Trinajstić information content (AvgIpc) is 2.76. The number of unbranched alkanes of at least 4 members (excludes halogenated alkanes) is 1. The van der Waals surface area contributed by atoms with E-state index in [0.29, 0.717) is 44.5 Å². The predicted molar refractivity (Wildman–Crippen MR) is 115 cm³/mol. The molecular weight excluding hydrogens is 382 g/mol. The molecule has 0 aromatic heterocycles. The number of methoxy groups -OCH3 is 1. The molecule has 0 saturated heterocycles. The van der Waals surface area contributed by atoms with Crippen LogP contribution in [0, 0.1) is 0 Å². The van der Waals surface area contributed by atoms with Gasteiger partial charge in [-0.2, -0.15) is 0 Å². The van der Waals surface area contributed by atoms with Gasteiger partial charge in [-0.3, -0.25) is 9.69 Å². The maximum absolute atomic E-state index is 11.8. The molecule has 0 spiro atoms. The maximum atomic E-state index is 11.8. The molecule has 6 nitrogen and oxygen atoms in total. The largest absolute Gasteiger partial charge is 0.466 e. The lowest BCUT2D eigenvalue weighted by Gasteiger charge is -2.28. The van der Waals surface area contributed by atoms with Gasteiger partial charge in [-0.05, 0) is 43.0 Å². The van der Waals surface area contributed by atoms with Crippen molar-refractivity contribution in [2.75, 3.05) is 20.3 Å². The third-order valence-electron chi connectivity index (χ3n) is 4.80. The second-order valence-electron chi connectivity index (χ2n) is 7.09. The summed E-state index contributed by atoms with van der Waals surface area (Å²) in [5.41, 5.74) is 2.44. The van der Waals surface area contributed by atoms with Gasteiger partial charge >= 0.3 is 11.9 Å². The fraction of sp³-hybridized carbons (Fsp3) is 0.417. The van der Waals surface area contributed by atoms with Crippen molar-refractivity contribution in [3.05, 3.63) is 71.3 Å². The van der Waals surface area contributed by atoms with Gasteiger partial charge in [0.05, 0.1) is 19.3 Å². The Morgan fingerprint density at radius 2 is 1.77 bits per heavy atom. The summed E-state index contributed by atoms with van der Waals surface area (Å²) in [6.07, 6.45) is 1.62. The minimum atomic E-state index is -0.684. The normalized spacial score (nSPS) is 11.9. The molecule has 30 heavy (non-hydrogen) atoms. The second kappa shape index (κ2) is 12.8. The first-order valence-corrected chi connectivity index (χ1v) is 10.3. The Balaban J connectivity index is 2.04. The minimum absolute atomic E-state index is 0.195. The fourth-order valence-electron chi connectivity index (χ4n) is 3.25. The van der Waals surface area contributed by atoms with Crippen LogP contribution in [0.15, 0.2) is 54.6 Å². The van der Waals surface area contributed by atoms with E-state index >= 15 is 0 Å². The van der Waals surface area contributed by atoms with Crippen LogP contribution in [-0.2, 0) is 27.2 Å². The number of aliphatic hydroxyl groups is 1. The molecule has 0 aliphatic rings. The summed E-state index contributed by atoms with van der Waals surface area (Å²) in [4.78, 5) is 25.3. The van der Waals surface area contributed by atoms with Crippen molar-refractivity contribution in [2.45, 2.75) is 45.4 Å². The molecule has 162 valence electrons. The molecule has 2 rings (SSSR count). The Morgan fingerprint density at radius 1 is 1.03 bits per heavy atom. The Labute approximate surface area is 178 Å². The number of ether oxygens (including phenoxy) is 2. The number of esters is 2. The predicted octanol–water partition coefficient (Wildman–Crippen LogP) is 3.57. The average molecular weight is 414 g/mol. The van der Waals surface area contributed by atoms with E-state index in [1.165, 1.54) is 7.11 Å². The highest BCUT2D eigenvalue weighted by atomic mass is 16.5. The van der Waals surface area contributed by atoms with E-state index in [9.17, 15) is 14.7 Å². The molecule has 2 aromatic carbocycles. The molecule has 0 aliphatic heterocycles. The molecule has 1 N–H and O–H groups in total. The molecule has 0 fully saturated rings. The number of hydrogen-bond acceptors (Lipinski definition) is 6. The number of hydrogen-bond donors (Lipinski definition) is 1. The SMILES string of the molecule is CCOC(=O)CCCCN(Cc1cccc(C(=O)OC)c1)C(O)Cc1ccccc1. The lowest BCUT2D eigenvalue weighted by molar-refractivity contribution is -0.143. The first-order valence-electron chi connectivity index (χ1n) is 10.3. The van der Waals surface area contributed by atoms with Crippen LogP contribution in [0.25, 0.3) is 0 Å². The summed E-state index contributed by atoms with van der Waals surface area (Å²) < 4.78 is 9.77. The monoisotopic (exact) mass is 413 g/mol. The Morgan fingerprint density at radius 3 is 2.47 bits per heavy atom. The van der Waals surface area contributed by atoms with Crippen molar-refractivity contribution in [3.63, 3.8) is 0 Å².